The van der Waals surface area contributed by atoms with Crippen LogP contribution in [0, 0.1) is 0 Å². The molecule has 154 valence electrons. The number of aryl methyl sites for hydroxylation is 1. The second-order valence-corrected chi connectivity index (χ2v) is 11.1. The molecule has 1 saturated carbocycles. The molecule has 0 N–H and O–H groups in total. The number of sulfone groups is 1. The first kappa shape index (κ1) is 18.8. The Balaban J connectivity index is 1.14. The van der Waals surface area contributed by atoms with Crippen LogP contribution in [0.15, 0.2) is 6.07 Å². The van der Waals surface area contributed by atoms with Gasteiger partial charge in [-0.15, -0.1) is 5.10 Å². The molecule has 3 fully saturated rings. The summed E-state index contributed by atoms with van der Waals surface area (Å²) in [5, 5.41) is 8.68. The Labute approximate surface area is 168 Å². The first-order valence-electron chi connectivity index (χ1n) is 10.9. The van der Waals surface area contributed by atoms with Crippen LogP contribution in [0.3, 0.4) is 0 Å². The van der Waals surface area contributed by atoms with E-state index in [0.29, 0.717) is 12.5 Å². The van der Waals surface area contributed by atoms with Crippen LogP contribution in [0.5, 0.6) is 0 Å². The minimum Gasteiger partial charge on any atom is -0.352 e. The maximum Gasteiger partial charge on any atom is 0.154 e. The molecule has 1 aliphatic carbocycles. The van der Waals surface area contributed by atoms with Crippen molar-refractivity contribution in [2.24, 2.45) is 0 Å². The second kappa shape index (κ2) is 7.54. The number of anilines is 1. The van der Waals surface area contributed by atoms with E-state index in [-0.39, 0.29) is 11.5 Å². The van der Waals surface area contributed by atoms with Crippen LogP contribution in [0.2, 0.25) is 0 Å². The van der Waals surface area contributed by atoms with Crippen LogP contribution < -0.4 is 4.90 Å². The lowest BCUT2D eigenvalue weighted by Crippen LogP contribution is -2.64. The largest absolute Gasteiger partial charge is 0.352 e. The third-order valence-electron chi connectivity index (χ3n) is 7.12. The highest BCUT2D eigenvalue weighted by Gasteiger charge is 2.36. The number of nitrogens with zero attached hydrogens (tertiary/aromatic N) is 5. The van der Waals surface area contributed by atoms with Gasteiger partial charge in [0.25, 0.3) is 0 Å². The smallest absolute Gasteiger partial charge is 0.154 e. The molecule has 0 aromatic carbocycles. The van der Waals surface area contributed by atoms with Gasteiger partial charge < -0.3 is 4.90 Å². The first-order valence-corrected chi connectivity index (χ1v) is 12.7. The average molecular weight is 406 g/mol. The molecule has 4 aliphatic rings. The first-order chi connectivity index (χ1) is 13.6. The van der Waals surface area contributed by atoms with Gasteiger partial charge in [-0.25, -0.2) is 8.42 Å². The predicted molar refractivity (Wildman–Crippen MR) is 109 cm³/mol. The van der Waals surface area contributed by atoms with Crippen LogP contribution in [0.4, 0.5) is 5.82 Å². The highest BCUT2D eigenvalue weighted by atomic mass is 32.2. The van der Waals surface area contributed by atoms with E-state index in [1.807, 2.05) is 6.07 Å². The van der Waals surface area contributed by atoms with Crippen molar-refractivity contribution in [1.29, 1.82) is 0 Å². The van der Waals surface area contributed by atoms with Crippen LogP contribution in [-0.2, 0) is 22.0 Å². The molecule has 0 amide bonds. The fourth-order valence-corrected chi connectivity index (χ4v) is 6.65. The zero-order valence-corrected chi connectivity index (χ0v) is 17.4. The Bertz CT molecular complexity index is 810. The number of hydrogen-bond donors (Lipinski definition) is 0. The Morgan fingerprint density at radius 1 is 0.893 bits per heavy atom. The highest BCUT2D eigenvalue weighted by Crippen LogP contribution is 2.28. The van der Waals surface area contributed by atoms with E-state index < -0.39 is 9.84 Å². The van der Waals surface area contributed by atoms with Gasteiger partial charge in [0, 0.05) is 57.8 Å². The Hall–Kier alpha value is -1.25. The molecule has 3 aliphatic heterocycles. The lowest BCUT2D eigenvalue weighted by molar-refractivity contribution is 0.0486. The molecule has 28 heavy (non-hydrogen) atoms. The highest BCUT2D eigenvalue weighted by molar-refractivity contribution is 7.90. The maximum atomic E-state index is 11.9. The van der Waals surface area contributed by atoms with Crippen molar-refractivity contribution in [3.8, 4) is 0 Å². The standard InChI is InChI=1S/C20H31N5O2S/c26-28(27)11-6-19-16(15-28)12-20(22-21-19)25-13-18(14-25)24-9-7-23(8-10-24)17-4-2-1-3-5-17/h12,17-18H,1-11,13-15H2. The van der Waals surface area contributed by atoms with Crippen LogP contribution in [-0.4, -0.2) is 85.5 Å². The summed E-state index contributed by atoms with van der Waals surface area (Å²) in [6.45, 7) is 6.70. The third kappa shape index (κ3) is 3.78. The molecule has 1 aromatic heterocycles. The van der Waals surface area contributed by atoms with E-state index in [1.165, 1.54) is 58.3 Å². The predicted octanol–water partition coefficient (Wildman–Crippen LogP) is 1.09. The van der Waals surface area contributed by atoms with Gasteiger partial charge in [0.2, 0.25) is 0 Å². The molecule has 2 saturated heterocycles. The van der Waals surface area contributed by atoms with Crippen molar-refractivity contribution in [3.63, 3.8) is 0 Å². The van der Waals surface area contributed by atoms with Gasteiger partial charge in [0.15, 0.2) is 15.7 Å². The number of hydrogen-bond acceptors (Lipinski definition) is 7. The van der Waals surface area contributed by atoms with Crippen molar-refractivity contribution in [2.45, 2.75) is 56.4 Å². The van der Waals surface area contributed by atoms with Crippen molar-refractivity contribution in [1.82, 2.24) is 20.0 Å². The Kier molecular flexibility index (Phi) is 5.05. The van der Waals surface area contributed by atoms with Crippen LogP contribution in [0.1, 0.15) is 43.4 Å². The quantitative estimate of drug-likeness (QED) is 0.745. The van der Waals surface area contributed by atoms with Crippen molar-refractivity contribution >= 4 is 15.7 Å². The minimum absolute atomic E-state index is 0.116. The van der Waals surface area contributed by atoms with Gasteiger partial charge in [-0.3, -0.25) is 9.80 Å². The second-order valence-electron chi connectivity index (χ2n) is 8.94. The molecule has 0 spiro atoms. The van der Waals surface area contributed by atoms with Gasteiger partial charge >= 0.3 is 0 Å². The summed E-state index contributed by atoms with van der Waals surface area (Å²) in [6, 6.07) is 3.38. The summed E-state index contributed by atoms with van der Waals surface area (Å²) in [7, 11) is -2.97. The van der Waals surface area contributed by atoms with E-state index in [9.17, 15) is 8.42 Å². The molecule has 1 aromatic rings. The fraction of sp³-hybridized carbons (Fsp3) is 0.800. The van der Waals surface area contributed by atoms with E-state index in [0.717, 1.165) is 36.2 Å². The Morgan fingerprint density at radius 2 is 1.57 bits per heavy atom. The van der Waals surface area contributed by atoms with E-state index in [2.05, 4.69) is 24.9 Å². The van der Waals surface area contributed by atoms with E-state index >= 15 is 0 Å². The molecule has 0 radical (unpaired) electrons. The molecule has 4 heterocycles. The van der Waals surface area contributed by atoms with Crippen molar-refractivity contribution < 1.29 is 8.42 Å². The third-order valence-corrected chi connectivity index (χ3v) is 8.69. The van der Waals surface area contributed by atoms with Gasteiger partial charge in [-0.1, -0.05) is 19.3 Å². The molecular weight excluding hydrogens is 374 g/mol. The molecule has 0 atom stereocenters. The summed E-state index contributed by atoms with van der Waals surface area (Å²) >= 11 is 0. The van der Waals surface area contributed by atoms with Gasteiger partial charge in [-0.05, 0) is 24.5 Å². The topological polar surface area (TPSA) is 69.6 Å². The van der Waals surface area contributed by atoms with Crippen LogP contribution >= 0.6 is 0 Å². The SMILES string of the molecule is O=S1(=O)CCc2nnc(N3CC(N4CCN(C5CCCCC5)CC4)C3)cc2C1. The number of aromatic nitrogens is 2. The molecular formula is C20H31N5O2S. The molecule has 0 unspecified atom stereocenters. The zero-order chi connectivity index (χ0) is 19.1. The molecule has 7 nitrogen and oxygen atoms in total. The monoisotopic (exact) mass is 405 g/mol. The lowest BCUT2D eigenvalue weighted by atomic mass is 9.93. The fourth-order valence-electron chi connectivity index (χ4n) is 5.28. The van der Waals surface area contributed by atoms with Crippen molar-refractivity contribution in [3.05, 3.63) is 17.3 Å². The summed E-state index contributed by atoms with van der Waals surface area (Å²) in [5.74, 6) is 1.16. The summed E-state index contributed by atoms with van der Waals surface area (Å²) in [5.41, 5.74) is 1.70. The average Bonchev–Trinajstić information content (AvgIpc) is 2.67. The van der Waals surface area contributed by atoms with Crippen molar-refractivity contribution in [2.75, 3.05) is 49.9 Å². The normalized spacial score (nSPS) is 27.4. The molecule has 8 heteroatoms. The van der Waals surface area contributed by atoms with E-state index in [4.69, 9.17) is 0 Å². The van der Waals surface area contributed by atoms with Crippen LogP contribution in [0.25, 0.3) is 0 Å². The molecule has 0 bridgehead atoms. The number of piperazine rings is 1. The summed E-state index contributed by atoms with van der Waals surface area (Å²) in [4.78, 5) is 7.60. The Morgan fingerprint density at radius 3 is 2.29 bits per heavy atom. The number of rotatable bonds is 3. The maximum absolute atomic E-state index is 11.9. The summed E-state index contributed by atoms with van der Waals surface area (Å²) in [6.07, 6.45) is 7.52. The summed E-state index contributed by atoms with van der Waals surface area (Å²) < 4.78 is 23.8. The lowest BCUT2D eigenvalue weighted by Gasteiger charge is -2.49. The van der Waals surface area contributed by atoms with Gasteiger partial charge in [0.05, 0.1) is 17.2 Å². The zero-order valence-electron chi connectivity index (χ0n) is 16.6. The minimum atomic E-state index is -2.97. The molecule has 5 rings (SSSR count). The van der Waals surface area contributed by atoms with Gasteiger partial charge in [-0.2, -0.15) is 5.10 Å². The van der Waals surface area contributed by atoms with Gasteiger partial charge in [0.1, 0.15) is 0 Å². The number of fused-ring (bicyclic) bond motifs is 1. The van der Waals surface area contributed by atoms with E-state index in [1.54, 1.807) is 0 Å².